The third-order valence-corrected chi connectivity index (χ3v) is 4.97. The normalized spacial score (nSPS) is 13.7. The Morgan fingerprint density at radius 3 is 2.71 bits per heavy atom. The van der Waals surface area contributed by atoms with Gasteiger partial charge in [-0.3, -0.25) is 4.79 Å². The molecule has 5 heteroatoms. The molecule has 2 unspecified atom stereocenters. The van der Waals surface area contributed by atoms with Crippen LogP contribution in [0.4, 0.5) is 0 Å². The fraction of sp³-hybridized carbons (Fsp3) is 0.375. The third-order valence-electron chi connectivity index (χ3n) is 3.22. The van der Waals surface area contributed by atoms with Crippen molar-refractivity contribution < 1.29 is 4.79 Å². The predicted octanol–water partition coefficient (Wildman–Crippen LogP) is 3.42. The molecular weight excluding hydrogens is 300 g/mol. The van der Waals surface area contributed by atoms with Crippen LogP contribution < -0.4 is 5.32 Å². The lowest BCUT2D eigenvalue weighted by Gasteiger charge is -2.15. The summed E-state index contributed by atoms with van der Waals surface area (Å²) in [5, 5.41) is 3.58. The van der Waals surface area contributed by atoms with Gasteiger partial charge in [0.2, 0.25) is 5.91 Å². The first-order valence-electron chi connectivity index (χ1n) is 7.07. The number of thiazole rings is 1. The molecule has 0 saturated heterocycles. The molecule has 112 valence electrons. The highest BCUT2D eigenvalue weighted by Gasteiger charge is 2.19. The van der Waals surface area contributed by atoms with Crippen LogP contribution in [0.1, 0.15) is 35.3 Å². The van der Waals surface area contributed by atoms with Gasteiger partial charge >= 0.3 is 0 Å². The van der Waals surface area contributed by atoms with E-state index < -0.39 is 0 Å². The van der Waals surface area contributed by atoms with Crippen molar-refractivity contribution in [2.75, 3.05) is 0 Å². The van der Waals surface area contributed by atoms with Crippen LogP contribution in [0, 0.1) is 0 Å². The van der Waals surface area contributed by atoms with Gasteiger partial charge < -0.3 is 5.32 Å². The van der Waals surface area contributed by atoms with Crippen LogP contribution in [0.2, 0.25) is 0 Å². The average Bonchev–Trinajstić information content (AvgIpc) is 2.97. The first-order valence-corrected chi connectivity index (χ1v) is 8.40. The number of nitrogens with one attached hydrogen (secondary N) is 1. The Morgan fingerprint density at radius 2 is 2.10 bits per heavy atom. The number of hydrogen-bond donors (Lipinski definition) is 2. The number of nitrogens with zero attached hydrogens (tertiary/aromatic N) is 1. The van der Waals surface area contributed by atoms with Gasteiger partial charge in [0, 0.05) is 11.1 Å². The monoisotopic (exact) mass is 320 g/mol. The summed E-state index contributed by atoms with van der Waals surface area (Å²) < 4.78 is 0. The summed E-state index contributed by atoms with van der Waals surface area (Å²) >= 11 is 6.07. The Labute approximate surface area is 135 Å². The lowest BCUT2D eigenvalue weighted by molar-refractivity contribution is -0.121. The molecule has 1 N–H and O–H groups in total. The molecule has 0 saturated carbocycles. The van der Waals surface area contributed by atoms with Gasteiger partial charge in [0.05, 0.1) is 11.3 Å². The molecule has 21 heavy (non-hydrogen) atoms. The minimum atomic E-state index is -0.347. The Hall–Kier alpha value is -1.33. The van der Waals surface area contributed by atoms with Crippen molar-refractivity contribution in [3.8, 4) is 0 Å². The lowest BCUT2D eigenvalue weighted by Crippen LogP contribution is -2.34. The summed E-state index contributed by atoms with van der Waals surface area (Å²) in [5.74, 6) is -0.0528. The Morgan fingerprint density at radius 1 is 1.38 bits per heavy atom. The maximum absolute atomic E-state index is 12.2. The number of rotatable bonds is 6. The van der Waals surface area contributed by atoms with Gasteiger partial charge in [-0.05, 0) is 25.3 Å². The van der Waals surface area contributed by atoms with Crippen LogP contribution in [0.15, 0.2) is 36.5 Å². The van der Waals surface area contributed by atoms with Gasteiger partial charge in [-0.15, -0.1) is 11.3 Å². The fourth-order valence-electron chi connectivity index (χ4n) is 1.99. The van der Waals surface area contributed by atoms with Crippen LogP contribution in [0.5, 0.6) is 0 Å². The second-order valence-electron chi connectivity index (χ2n) is 4.95. The fourth-order valence-corrected chi connectivity index (χ4v) is 3.13. The molecular formula is C16H20N2OS2. The molecule has 2 atom stereocenters. The van der Waals surface area contributed by atoms with E-state index in [1.807, 2.05) is 43.5 Å². The molecule has 0 bridgehead atoms. The van der Waals surface area contributed by atoms with Crippen LogP contribution in [0.3, 0.4) is 0 Å². The van der Waals surface area contributed by atoms with E-state index >= 15 is 0 Å². The summed E-state index contributed by atoms with van der Waals surface area (Å²) in [7, 11) is 0. The van der Waals surface area contributed by atoms with E-state index in [2.05, 4.69) is 29.9 Å². The molecule has 1 aromatic heterocycles. The molecule has 0 fully saturated rings. The summed E-state index contributed by atoms with van der Waals surface area (Å²) in [6.07, 6.45) is 3.48. The number of aryl methyl sites for hydroxylation is 1. The van der Waals surface area contributed by atoms with E-state index in [-0.39, 0.29) is 17.2 Å². The maximum atomic E-state index is 12.2. The SMILES string of the molecule is CCc1cnc(C(C)NC(=O)C(S)Cc2ccccc2)s1. The predicted molar refractivity (Wildman–Crippen MR) is 91.0 cm³/mol. The molecule has 2 aromatic rings. The molecule has 0 aliphatic heterocycles. The van der Waals surface area contributed by atoms with Crippen LogP contribution in [-0.4, -0.2) is 16.1 Å². The maximum Gasteiger partial charge on any atom is 0.233 e. The highest BCUT2D eigenvalue weighted by molar-refractivity contribution is 7.81. The van der Waals surface area contributed by atoms with Gasteiger partial charge in [-0.25, -0.2) is 4.98 Å². The standard InChI is InChI=1S/C16H20N2OS2/c1-3-13-10-17-16(21-13)11(2)18-15(19)14(20)9-12-7-5-4-6-8-12/h4-8,10-11,14,20H,3,9H2,1-2H3,(H,18,19). The van der Waals surface area contributed by atoms with Crippen molar-refractivity contribution in [3.05, 3.63) is 52.0 Å². The number of hydrogen-bond acceptors (Lipinski definition) is 4. The van der Waals surface area contributed by atoms with Crippen LogP contribution >= 0.6 is 24.0 Å². The third kappa shape index (κ3) is 4.58. The summed E-state index contributed by atoms with van der Waals surface area (Å²) in [6, 6.07) is 9.85. The van der Waals surface area contributed by atoms with E-state index in [4.69, 9.17) is 0 Å². The quantitative estimate of drug-likeness (QED) is 0.801. The smallest absolute Gasteiger partial charge is 0.233 e. The first-order chi connectivity index (χ1) is 10.1. The zero-order valence-electron chi connectivity index (χ0n) is 12.2. The summed E-state index contributed by atoms with van der Waals surface area (Å²) in [5.41, 5.74) is 1.11. The first kappa shape index (κ1) is 16.0. The van der Waals surface area contributed by atoms with E-state index in [0.29, 0.717) is 6.42 Å². The van der Waals surface area contributed by atoms with Gasteiger partial charge in [0.1, 0.15) is 5.01 Å². The largest absolute Gasteiger partial charge is 0.346 e. The summed E-state index contributed by atoms with van der Waals surface area (Å²) in [4.78, 5) is 17.8. The Balaban J connectivity index is 1.91. The van der Waals surface area contributed by atoms with Gasteiger partial charge in [-0.2, -0.15) is 12.6 Å². The average molecular weight is 320 g/mol. The van der Waals surface area contributed by atoms with E-state index in [0.717, 1.165) is 17.0 Å². The molecule has 0 spiro atoms. The van der Waals surface area contributed by atoms with Crippen molar-refractivity contribution in [1.29, 1.82) is 0 Å². The number of amides is 1. The Kier molecular flexibility index (Phi) is 5.82. The van der Waals surface area contributed by atoms with Gasteiger partial charge in [-0.1, -0.05) is 37.3 Å². The Bertz CT molecular complexity index is 583. The highest BCUT2D eigenvalue weighted by Crippen LogP contribution is 2.20. The van der Waals surface area contributed by atoms with Crippen molar-refractivity contribution in [1.82, 2.24) is 10.3 Å². The molecule has 1 amide bonds. The number of benzene rings is 1. The lowest BCUT2D eigenvalue weighted by atomic mass is 10.1. The van der Waals surface area contributed by atoms with Crippen molar-refractivity contribution in [2.24, 2.45) is 0 Å². The molecule has 1 heterocycles. The van der Waals surface area contributed by atoms with E-state index in [9.17, 15) is 4.79 Å². The molecule has 0 aliphatic rings. The number of carbonyl (C=O) groups excluding carboxylic acids is 1. The second kappa shape index (κ2) is 7.61. The van der Waals surface area contributed by atoms with E-state index in [1.54, 1.807) is 11.3 Å². The minimum absolute atomic E-state index is 0.0528. The second-order valence-corrected chi connectivity index (χ2v) is 6.72. The minimum Gasteiger partial charge on any atom is -0.346 e. The molecule has 0 aliphatic carbocycles. The highest BCUT2D eigenvalue weighted by atomic mass is 32.1. The zero-order valence-corrected chi connectivity index (χ0v) is 14.0. The number of carbonyl (C=O) groups is 1. The van der Waals surface area contributed by atoms with Crippen LogP contribution in [-0.2, 0) is 17.6 Å². The number of aromatic nitrogens is 1. The molecule has 1 aromatic carbocycles. The van der Waals surface area contributed by atoms with Crippen LogP contribution in [0.25, 0.3) is 0 Å². The van der Waals surface area contributed by atoms with Crippen molar-refractivity contribution in [3.63, 3.8) is 0 Å². The molecule has 3 nitrogen and oxygen atoms in total. The zero-order chi connectivity index (χ0) is 15.2. The van der Waals surface area contributed by atoms with Gasteiger partial charge in [0.15, 0.2) is 0 Å². The molecule has 2 rings (SSSR count). The molecule has 0 radical (unpaired) electrons. The van der Waals surface area contributed by atoms with Crippen molar-refractivity contribution >= 4 is 29.9 Å². The number of thiol groups is 1. The van der Waals surface area contributed by atoms with E-state index in [1.165, 1.54) is 4.88 Å². The summed E-state index contributed by atoms with van der Waals surface area (Å²) in [6.45, 7) is 4.06. The topological polar surface area (TPSA) is 42.0 Å². The van der Waals surface area contributed by atoms with Crippen molar-refractivity contribution in [2.45, 2.75) is 38.0 Å². The van der Waals surface area contributed by atoms with Gasteiger partial charge in [0.25, 0.3) is 0 Å².